The molecule has 0 aromatic heterocycles. The molecule has 0 aromatic rings. The number of nitrogens with one attached hydrogen (secondary N) is 1. The van der Waals surface area contributed by atoms with Gasteiger partial charge >= 0.3 is 5.97 Å². The highest BCUT2D eigenvalue weighted by Crippen LogP contribution is 2.37. The molecular formula is C8H14N2O2. The predicted octanol–water partition coefficient (Wildman–Crippen LogP) is 0.512. The van der Waals surface area contributed by atoms with Gasteiger partial charge in [-0.25, -0.2) is 0 Å². The molecule has 0 bridgehead atoms. The van der Waals surface area contributed by atoms with Gasteiger partial charge in [-0.1, -0.05) is 0 Å². The lowest BCUT2D eigenvalue weighted by Gasteiger charge is -2.12. The minimum atomic E-state index is -0.482. The lowest BCUT2D eigenvalue weighted by Crippen LogP contribution is -2.32. The van der Waals surface area contributed by atoms with Crippen molar-refractivity contribution in [3.8, 4) is 0 Å². The summed E-state index contributed by atoms with van der Waals surface area (Å²) in [5.74, 6) is -0.616. The zero-order valence-electron chi connectivity index (χ0n) is 7.17. The van der Waals surface area contributed by atoms with E-state index in [9.17, 15) is 4.79 Å². The molecule has 0 unspecified atom stereocenters. The van der Waals surface area contributed by atoms with Gasteiger partial charge in [-0.05, 0) is 25.7 Å². The van der Waals surface area contributed by atoms with Gasteiger partial charge in [0.1, 0.15) is 11.8 Å². The molecule has 0 amide bonds. The molecule has 0 saturated heterocycles. The number of amidine groups is 1. The van der Waals surface area contributed by atoms with Crippen LogP contribution in [0, 0.1) is 17.2 Å². The zero-order chi connectivity index (χ0) is 9.14. The number of esters is 1. The molecule has 1 atom stereocenters. The topological polar surface area (TPSA) is 76.2 Å². The summed E-state index contributed by atoms with van der Waals surface area (Å²) >= 11 is 0. The number of hydrogen-bond acceptors (Lipinski definition) is 3. The second-order valence-electron chi connectivity index (χ2n) is 3.02. The van der Waals surface area contributed by atoms with Crippen molar-refractivity contribution in [2.45, 2.75) is 19.8 Å². The summed E-state index contributed by atoms with van der Waals surface area (Å²) < 4.78 is 4.81. The fraction of sp³-hybridized carbons (Fsp3) is 0.750. The fourth-order valence-corrected chi connectivity index (χ4v) is 1.23. The third kappa shape index (κ3) is 1.96. The summed E-state index contributed by atoms with van der Waals surface area (Å²) in [6, 6.07) is 0. The first-order valence-electron chi connectivity index (χ1n) is 4.17. The average Bonchev–Trinajstić information content (AvgIpc) is 2.71. The van der Waals surface area contributed by atoms with E-state index in [0.717, 1.165) is 12.8 Å². The van der Waals surface area contributed by atoms with Crippen LogP contribution in [0.5, 0.6) is 0 Å². The van der Waals surface area contributed by atoms with Gasteiger partial charge < -0.3 is 10.5 Å². The maximum Gasteiger partial charge on any atom is 0.316 e. The van der Waals surface area contributed by atoms with Crippen LogP contribution in [-0.2, 0) is 9.53 Å². The molecule has 0 radical (unpaired) electrons. The van der Waals surface area contributed by atoms with Crippen molar-refractivity contribution in [1.29, 1.82) is 5.41 Å². The van der Waals surface area contributed by atoms with E-state index in [1.165, 1.54) is 0 Å². The van der Waals surface area contributed by atoms with Crippen molar-refractivity contribution >= 4 is 11.8 Å². The van der Waals surface area contributed by atoms with Crippen molar-refractivity contribution in [1.82, 2.24) is 0 Å². The van der Waals surface area contributed by atoms with Crippen molar-refractivity contribution in [3.05, 3.63) is 0 Å². The monoisotopic (exact) mass is 170 g/mol. The van der Waals surface area contributed by atoms with Gasteiger partial charge in [0.2, 0.25) is 0 Å². The number of hydrogen-bond donors (Lipinski definition) is 2. The Morgan fingerprint density at radius 1 is 1.75 bits per heavy atom. The Morgan fingerprint density at radius 2 is 2.33 bits per heavy atom. The van der Waals surface area contributed by atoms with Gasteiger partial charge in [0.05, 0.1) is 6.61 Å². The molecule has 1 aliphatic carbocycles. The first-order chi connectivity index (χ1) is 5.66. The molecule has 12 heavy (non-hydrogen) atoms. The summed E-state index contributed by atoms with van der Waals surface area (Å²) in [5.41, 5.74) is 5.29. The number of carbonyl (C=O) groups is 1. The van der Waals surface area contributed by atoms with Gasteiger partial charge in [0.25, 0.3) is 0 Å². The summed E-state index contributed by atoms with van der Waals surface area (Å²) in [4.78, 5) is 11.2. The van der Waals surface area contributed by atoms with Crippen LogP contribution in [0.4, 0.5) is 0 Å². The predicted molar refractivity (Wildman–Crippen MR) is 44.8 cm³/mol. The second-order valence-corrected chi connectivity index (χ2v) is 3.02. The molecular weight excluding hydrogens is 156 g/mol. The van der Waals surface area contributed by atoms with Crippen LogP contribution in [0.15, 0.2) is 0 Å². The third-order valence-corrected chi connectivity index (χ3v) is 1.97. The Morgan fingerprint density at radius 3 is 2.67 bits per heavy atom. The van der Waals surface area contributed by atoms with E-state index in [2.05, 4.69) is 0 Å². The van der Waals surface area contributed by atoms with Crippen LogP contribution in [0.1, 0.15) is 19.8 Å². The normalized spacial score (nSPS) is 18.4. The highest BCUT2D eigenvalue weighted by atomic mass is 16.5. The zero-order valence-corrected chi connectivity index (χ0v) is 7.17. The maximum atomic E-state index is 11.2. The van der Waals surface area contributed by atoms with Crippen LogP contribution < -0.4 is 5.73 Å². The summed E-state index contributed by atoms with van der Waals surface area (Å²) in [6.45, 7) is 2.11. The molecule has 0 spiro atoms. The molecule has 0 aromatic carbocycles. The van der Waals surface area contributed by atoms with Crippen molar-refractivity contribution in [2.75, 3.05) is 6.61 Å². The van der Waals surface area contributed by atoms with Gasteiger partial charge in [-0.3, -0.25) is 10.2 Å². The Hall–Kier alpha value is -1.06. The smallest absolute Gasteiger partial charge is 0.316 e. The average molecular weight is 170 g/mol. The van der Waals surface area contributed by atoms with E-state index < -0.39 is 5.92 Å². The van der Waals surface area contributed by atoms with Gasteiger partial charge in [0, 0.05) is 0 Å². The molecule has 1 rings (SSSR count). The number of ether oxygens (including phenoxy) is 1. The molecule has 3 N–H and O–H groups in total. The summed E-state index contributed by atoms with van der Waals surface area (Å²) in [6.07, 6.45) is 1.98. The quantitative estimate of drug-likeness (QED) is 0.366. The Kier molecular flexibility index (Phi) is 2.68. The summed E-state index contributed by atoms with van der Waals surface area (Å²) in [5, 5.41) is 7.21. The van der Waals surface area contributed by atoms with E-state index in [0.29, 0.717) is 6.61 Å². The van der Waals surface area contributed by atoms with E-state index in [1.807, 2.05) is 0 Å². The standard InChI is InChI=1S/C8H14N2O2/c1-2-12-8(11)6(7(9)10)5-3-4-5/h5-6H,2-4H2,1H3,(H3,9,10)/t6-/m0/s1. The highest BCUT2D eigenvalue weighted by molar-refractivity contribution is 5.99. The molecule has 0 aliphatic heterocycles. The summed E-state index contributed by atoms with van der Waals surface area (Å²) in [7, 11) is 0. The van der Waals surface area contributed by atoms with E-state index in [4.69, 9.17) is 15.9 Å². The third-order valence-electron chi connectivity index (χ3n) is 1.97. The fourth-order valence-electron chi connectivity index (χ4n) is 1.23. The number of carbonyl (C=O) groups excluding carboxylic acids is 1. The Balaban J connectivity index is 2.52. The number of nitrogens with two attached hydrogens (primary N) is 1. The van der Waals surface area contributed by atoms with Crippen LogP contribution in [0.3, 0.4) is 0 Å². The van der Waals surface area contributed by atoms with Crippen LogP contribution in [-0.4, -0.2) is 18.4 Å². The highest BCUT2D eigenvalue weighted by Gasteiger charge is 2.39. The van der Waals surface area contributed by atoms with E-state index in [-0.39, 0.29) is 17.7 Å². The minimum absolute atomic E-state index is 0.0593. The van der Waals surface area contributed by atoms with Crippen LogP contribution in [0.2, 0.25) is 0 Å². The lowest BCUT2D eigenvalue weighted by molar-refractivity contribution is -0.146. The maximum absolute atomic E-state index is 11.2. The van der Waals surface area contributed by atoms with Gasteiger partial charge in [-0.2, -0.15) is 0 Å². The Labute approximate surface area is 71.6 Å². The SMILES string of the molecule is CCOC(=O)[C@H](C(=N)N)C1CC1. The van der Waals surface area contributed by atoms with E-state index in [1.54, 1.807) is 6.92 Å². The first kappa shape index (κ1) is 9.03. The molecule has 1 aliphatic rings. The second kappa shape index (κ2) is 3.56. The van der Waals surface area contributed by atoms with Crippen LogP contribution >= 0.6 is 0 Å². The molecule has 4 heteroatoms. The molecule has 1 fully saturated rings. The first-order valence-corrected chi connectivity index (χ1v) is 4.17. The number of rotatable bonds is 4. The van der Waals surface area contributed by atoms with Crippen molar-refractivity contribution in [2.24, 2.45) is 17.6 Å². The largest absolute Gasteiger partial charge is 0.465 e. The van der Waals surface area contributed by atoms with Gasteiger partial charge in [-0.15, -0.1) is 0 Å². The molecule has 1 saturated carbocycles. The van der Waals surface area contributed by atoms with E-state index >= 15 is 0 Å². The van der Waals surface area contributed by atoms with Crippen molar-refractivity contribution < 1.29 is 9.53 Å². The Bertz CT molecular complexity index is 199. The molecule has 4 nitrogen and oxygen atoms in total. The van der Waals surface area contributed by atoms with Gasteiger partial charge in [0.15, 0.2) is 0 Å². The van der Waals surface area contributed by atoms with Crippen LogP contribution in [0.25, 0.3) is 0 Å². The minimum Gasteiger partial charge on any atom is -0.465 e. The molecule has 68 valence electrons. The molecule has 0 heterocycles. The van der Waals surface area contributed by atoms with Crippen molar-refractivity contribution in [3.63, 3.8) is 0 Å². The lowest BCUT2D eigenvalue weighted by atomic mass is 10.0.